The molecule has 1 heterocycles. The predicted molar refractivity (Wildman–Crippen MR) is 112 cm³/mol. The number of aliphatic imine (C=N–C) groups is 1. The number of carbonyl (C=O) groups is 1. The molecule has 0 saturated carbocycles. The molecule has 1 fully saturated rings. The van der Waals surface area contributed by atoms with Crippen molar-refractivity contribution in [1.82, 2.24) is 4.90 Å². The fourth-order valence-corrected chi connectivity index (χ4v) is 4.01. The van der Waals surface area contributed by atoms with Crippen LogP contribution in [0.3, 0.4) is 0 Å². The standard InChI is InChI=1S/C19H17ClN2O2S2/c1-22-18(23)17(10-12-9-13(20)7-8-16(12)24-2)26-19(22)21-14-5-4-6-15(11-14)25-3/h4-11H,1-3H3/b17-10+,21-19?. The van der Waals surface area contributed by atoms with Gasteiger partial charge in [-0.25, -0.2) is 4.99 Å². The Labute approximate surface area is 166 Å². The van der Waals surface area contributed by atoms with E-state index in [2.05, 4.69) is 4.99 Å². The van der Waals surface area contributed by atoms with Gasteiger partial charge < -0.3 is 4.74 Å². The first-order chi connectivity index (χ1) is 12.5. The van der Waals surface area contributed by atoms with Crippen molar-refractivity contribution in [3.8, 4) is 5.75 Å². The van der Waals surface area contributed by atoms with E-state index in [0.29, 0.717) is 20.8 Å². The van der Waals surface area contributed by atoms with E-state index in [0.717, 1.165) is 16.1 Å². The molecule has 2 aromatic carbocycles. The lowest BCUT2D eigenvalue weighted by Crippen LogP contribution is -2.23. The Bertz CT molecular complexity index is 912. The van der Waals surface area contributed by atoms with Gasteiger partial charge in [0.05, 0.1) is 17.7 Å². The lowest BCUT2D eigenvalue weighted by Gasteiger charge is -2.07. The third kappa shape index (κ3) is 4.09. The number of amidine groups is 1. The number of methoxy groups -OCH3 is 1. The van der Waals surface area contributed by atoms with Crippen molar-refractivity contribution in [2.45, 2.75) is 4.90 Å². The van der Waals surface area contributed by atoms with Crippen LogP contribution in [0.5, 0.6) is 5.75 Å². The smallest absolute Gasteiger partial charge is 0.266 e. The summed E-state index contributed by atoms with van der Waals surface area (Å²) in [5.74, 6) is 0.563. The summed E-state index contributed by atoms with van der Waals surface area (Å²) in [6.07, 6.45) is 3.81. The van der Waals surface area contributed by atoms with Crippen LogP contribution in [0.25, 0.3) is 6.08 Å². The van der Waals surface area contributed by atoms with Crippen molar-refractivity contribution in [2.75, 3.05) is 20.4 Å². The quantitative estimate of drug-likeness (QED) is 0.512. The summed E-state index contributed by atoms with van der Waals surface area (Å²) < 4.78 is 5.35. The van der Waals surface area contributed by atoms with Gasteiger partial charge in [0, 0.05) is 22.5 Å². The van der Waals surface area contributed by atoms with Crippen LogP contribution in [0.1, 0.15) is 5.56 Å². The normalized spacial score (nSPS) is 17.4. The van der Waals surface area contributed by atoms with E-state index in [4.69, 9.17) is 16.3 Å². The summed E-state index contributed by atoms with van der Waals surface area (Å²) in [6, 6.07) is 13.2. The molecule has 26 heavy (non-hydrogen) atoms. The zero-order valence-corrected chi connectivity index (χ0v) is 16.9. The van der Waals surface area contributed by atoms with Crippen molar-refractivity contribution < 1.29 is 9.53 Å². The molecule has 0 radical (unpaired) electrons. The highest BCUT2D eigenvalue weighted by Gasteiger charge is 2.30. The van der Waals surface area contributed by atoms with Gasteiger partial charge in [0.25, 0.3) is 5.91 Å². The van der Waals surface area contributed by atoms with E-state index in [1.165, 1.54) is 11.8 Å². The fourth-order valence-electron chi connectivity index (χ4n) is 2.40. The number of ether oxygens (including phenoxy) is 1. The molecule has 1 aliphatic rings. The molecule has 7 heteroatoms. The number of rotatable bonds is 4. The number of hydrogen-bond donors (Lipinski definition) is 0. The van der Waals surface area contributed by atoms with Gasteiger partial charge in [-0.2, -0.15) is 0 Å². The minimum atomic E-state index is -0.100. The van der Waals surface area contributed by atoms with Gasteiger partial charge in [-0.05, 0) is 60.5 Å². The SMILES string of the molecule is COc1ccc(Cl)cc1/C=C1/SC(=Nc2cccc(SC)c2)N(C)C1=O. The van der Waals surface area contributed by atoms with Crippen LogP contribution in [0.15, 0.2) is 57.3 Å². The third-order valence-electron chi connectivity index (χ3n) is 3.76. The summed E-state index contributed by atoms with van der Waals surface area (Å²) in [4.78, 5) is 20.5. The first-order valence-electron chi connectivity index (χ1n) is 7.75. The van der Waals surface area contributed by atoms with Gasteiger partial charge in [-0.1, -0.05) is 17.7 Å². The zero-order chi connectivity index (χ0) is 18.7. The highest BCUT2D eigenvalue weighted by Crippen LogP contribution is 2.35. The van der Waals surface area contributed by atoms with Crippen LogP contribution in [0, 0.1) is 0 Å². The maximum Gasteiger partial charge on any atom is 0.266 e. The van der Waals surface area contributed by atoms with Crippen LogP contribution < -0.4 is 4.74 Å². The van der Waals surface area contributed by atoms with Crippen molar-refractivity contribution in [1.29, 1.82) is 0 Å². The molecule has 1 saturated heterocycles. The van der Waals surface area contributed by atoms with Gasteiger partial charge in [0.1, 0.15) is 5.75 Å². The lowest BCUT2D eigenvalue weighted by molar-refractivity contribution is -0.121. The Morgan fingerprint density at radius 2 is 2.08 bits per heavy atom. The molecule has 1 aliphatic heterocycles. The Kier molecular flexibility index (Phi) is 5.96. The minimum Gasteiger partial charge on any atom is -0.496 e. The Hall–Kier alpha value is -1.89. The van der Waals surface area contributed by atoms with Gasteiger partial charge >= 0.3 is 0 Å². The predicted octanol–water partition coefficient (Wildman–Crippen LogP) is 5.30. The molecule has 2 aromatic rings. The molecule has 134 valence electrons. The molecule has 0 atom stereocenters. The van der Waals surface area contributed by atoms with Crippen molar-refractivity contribution >= 4 is 58.0 Å². The van der Waals surface area contributed by atoms with Crippen LogP contribution in [0.4, 0.5) is 5.69 Å². The van der Waals surface area contributed by atoms with Crippen LogP contribution >= 0.6 is 35.1 Å². The largest absolute Gasteiger partial charge is 0.496 e. The summed E-state index contributed by atoms with van der Waals surface area (Å²) in [7, 11) is 3.31. The monoisotopic (exact) mass is 404 g/mol. The molecule has 1 amide bonds. The number of carbonyl (C=O) groups excluding carboxylic acids is 1. The maximum atomic E-state index is 12.6. The maximum absolute atomic E-state index is 12.6. The summed E-state index contributed by atoms with van der Waals surface area (Å²) in [5.41, 5.74) is 1.58. The topological polar surface area (TPSA) is 41.9 Å². The van der Waals surface area contributed by atoms with E-state index in [9.17, 15) is 4.79 Å². The number of halogens is 1. The molecule has 0 N–H and O–H groups in total. The Balaban J connectivity index is 1.94. The average Bonchev–Trinajstić information content (AvgIpc) is 2.90. The lowest BCUT2D eigenvalue weighted by atomic mass is 10.2. The minimum absolute atomic E-state index is 0.100. The van der Waals surface area contributed by atoms with Crippen LogP contribution in [-0.2, 0) is 4.79 Å². The molecule has 3 rings (SSSR count). The van der Waals surface area contributed by atoms with Gasteiger partial charge in [0.15, 0.2) is 5.17 Å². The van der Waals surface area contributed by atoms with Crippen molar-refractivity contribution in [3.63, 3.8) is 0 Å². The van der Waals surface area contributed by atoms with Crippen LogP contribution in [-0.4, -0.2) is 36.4 Å². The first-order valence-corrected chi connectivity index (χ1v) is 10.2. The number of hydrogen-bond acceptors (Lipinski definition) is 5. The zero-order valence-electron chi connectivity index (χ0n) is 14.5. The molecular weight excluding hydrogens is 388 g/mol. The van der Waals surface area contributed by atoms with E-state index in [1.807, 2.05) is 30.5 Å². The summed E-state index contributed by atoms with van der Waals surface area (Å²) >= 11 is 9.07. The number of nitrogens with zero attached hydrogens (tertiary/aromatic N) is 2. The average molecular weight is 405 g/mol. The highest BCUT2D eigenvalue weighted by molar-refractivity contribution is 8.18. The van der Waals surface area contributed by atoms with E-state index < -0.39 is 0 Å². The van der Waals surface area contributed by atoms with Gasteiger partial charge in [-0.15, -0.1) is 11.8 Å². The number of thioether (sulfide) groups is 2. The Morgan fingerprint density at radius 3 is 2.81 bits per heavy atom. The first kappa shape index (κ1) is 18.9. The molecule has 0 spiro atoms. The third-order valence-corrected chi connectivity index (χ3v) is 5.78. The van der Waals surface area contributed by atoms with E-state index in [1.54, 1.807) is 55.1 Å². The van der Waals surface area contributed by atoms with Gasteiger partial charge in [0.2, 0.25) is 0 Å². The number of amides is 1. The number of benzene rings is 2. The molecular formula is C19H17ClN2O2S2. The summed E-state index contributed by atoms with van der Waals surface area (Å²) in [6.45, 7) is 0. The van der Waals surface area contributed by atoms with Crippen molar-refractivity contribution in [3.05, 3.63) is 58.0 Å². The van der Waals surface area contributed by atoms with E-state index in [-0.39, 0.29) is 5.91 Å². The molecule has 4 nitrogen and oxygen atoms in total. The fraction of sp³-hybridized carbons (Fsp3) is 0.158. The molecule has 0 unspecified atom stereocenters. The second-order valence-corrected chi connectivity index (χ2v) is 7.78. The Morgan fingerprint density at radius 1 is 1.27 bits per heavy atom. The number of likely N-dealkylation sites (N-methyl/N-ethyl adjacent to an activating group) is 1. The van der Waals surface area contributed by atoms with Crippen molar-refractivity contribution in [2.24, 2.45) is 4.99 Å². The summed E-state index contributed by atoms with van der Waals surface area (Å²) in [5, 5.41) is 1.23. The highest BCUT2D eigenvalue weighted by atomic mass is 35.5. The second kappa shape index (κ2) is 8.20. The molecule has 0 bridgehead atoms. The van der Waals surface area contributed by atoms with Gasteiger partial charge in [-0.3, -0.25) is 9.69 Å². The van der Waals surface area contributed by atoms with Crippen LogP contribution in [0.2, 0.25) is 5.02 Å². The molecule has 0 aliphatic carbocycles. The molecule has 0 aromatic heterocycles. The van der Waals surface area contributed by atoms with E-state index >= 15 is 0 Å². The second-order valence-electron chi connectivity index (χ2n) is 5.46.